The lowest BCUT2D eigenvalue weighted by Gasteiger charge is -2.25. The van der Waals surface area contributed by atoms with Gasteiger partial charge in [-0.1, -0.05) is 48.9 Å². The second-order valence-corrected chi connectivity index (χ2v) is 11.7. The number of carbonyl (C=O) groups excluding carboxylic acids is 1. The predicted octanol–water partition coefficient (Wildman–Crippen LogP) is 5.31. The van der Waals surface area contributed by atoms with Crippen molar-refractivity contribution in [3.8, 4) is 5.75 Å². The molecule has 0 aliphatic carbocycles. The Morgan fingerprint density at radius 1 is 1.05 bits per heavy atom. The van der Waals surface area contributed by atoms with Crippen molar-refractivity contribution in [1.82, 2.24) is 14.2 Å². The molecule has 11 heteroatoms. The van der Waals surface area contributed by atoms with E-state index >= 15 is 0 Å². The summed E-state index contributed by atoms with van der Waals surface area (Å²) in [6, 6.07) is 9.44. The van der Waals surface area contributed by atoms with Crippen molar-refractivity contribution in [2.75, 3.05) is 51.3 Å². The highest BCUT2D eigenvalue weighted by Crippen LogP contribution is 2.39. The Labute approximate surface area is 233 Å². The van der Waals surface area contributed by atoms with E-state index in [1.165, 1.54) is 52.1 Å². The number of methoxy groups -OCH3 is 1. The van der Waals surface area contributed by atoms with Crippen LogP contribution in [-0.4, -0.2) is 74.9 Å². The first-order valence-corrected chi connectivity index (χ1v) is 14.8. The van der Waals surface area contributed by atoms with Crippen LogP contribution in [-0.2, 0) is 10.0 Å². The van der Waals surface area contributed by atoms with Crippen molar-refractivity contribution >= 4 is 54.2 Å². The molecule has 0 radical (unpaired) electrons. The fraction of sp³-hybridized carbons (Fsp3) is 0.333. The molecule has 0 aliphatic rings. The number of benzene rings is 2. The van der Waals surface area contributed by atoms with Gasteiger partial charge >= 0.3 is 0 Å². The fourth-order valence-corrected chi connectivity index (χ4v) is 6.58. The molecule has 1 aromatic heterocycles. The maximum Gasteiger partial charge on any atom is 0.260 e. The quantitative estimate of drug-likeness (QED) is 0.242. The summed E-state index contributed by atoms with van der Waals surface area (Å²) in [7, 11) is -2.22. The molecule has 0 spiro atoms. The summed E-state index contributed by atoms with van der Waals surface area (Å²) in [5.74, 6) is 0.283. The molecule has 3 rings (SSSR count). The van der Waals surface area contributed by atoms with Gasteiger partial charge in [-0.3, -0.25) is 9.69 Å². The summed E-state index contributed by atoms with van der Waals surface area (Å²) in [5, 5.41) is 1.02. The summed E-state index contributed by atoms with van der Waals surface area (Å²) in [4.78, 5) is 22.4. The zero-order valence-corrected chi connectivity index (χ0v) is 24.3. The van der Waals surface area contributed by atoms with Gasteiger partial charge in [0.2, 0.25) is 10.0 Å². The van der Waals surface area contributed by atoms with E-state index < -0.39 is 10.0 Å². The third-order valence-electron chi connectivity index (χ3n) is 6.08. The minimum Gasteiger partial charge on any atom is -0.494 e. The Morgan fingerprint density at radius 3 is 2.24 bits per heavy atom. The number of hydrogen-bond donors (Lipinski definition) is 0. The zero-order valence-electron chi connectivity index (χ0n) is 21.9. The Bertz CT molecular complexity index is 1380. The molecule has 0 saturated heterocycles. The van der Waals surface area contributed by atoms with Crippen molar-refractivity contribution in [3.05, 3.63) is 72.3 Å². The summed E-state index contributed by atoms with van der Waals surface area (Å²) in [6.07, 6.45) is 3.04. The van der Waals surface area contributed by atoms with E-state index in [2.05, 4.69) is 31.9 Å². The van der Waals surface area contributed by atoms with E-state index in [1.807, 2.05) is 0 Å². The molecule has 0 N–H and O–H groups in total. The number of fused-ring (bicyclic) bond motifs is 1. The lowest BCUT2D eigenvalue weighted by molar-refractivity contribution is 0.0983. The molecule has 0 unspecified atom stereocenters. The maximum absolute atomic E-state index is 13.8. The van der Waals surface area contributed by atoms with Crippen molar-refractivity contribution in [2.24, 2.45) is 0 Å². The van der Waals surface area contributed by atoms with Crippen LogP contribution in [0.2, 0.25) is 5.02 Å². The Hall–Kier alpha value is -2.76. The Balaban J connectivity index is 1.99. The van der Waals surface area contributed by atoms with E-state index in [1.54, 1.807) is 24.1 Å². The van der Waals surface area contributed by atoms with Gasteiger partial charge in [0.05, 0.1) is 21.7 Å². The lowest BCUT2D eigenvalue weighted by Crippen LogP contribution is -2.39. The molecule has 204 valence electrons. The molecular weight excluding hydrogens is 544 g/mol. The highest BCUT2D eigenvalue weighted by atomic mass is 35.5. The summed E-state index contributed by atoms with van der Waals surface area (Å²) in [6.45, 7) is 14.4. The van der Waals surface area contributed by atoms with Gasteiger partial charge in [-0.2, -0.15) is 4.31 Å². The topological polar surface area (TPSA) is 83.1 Å². The molecule has 0 saturated carbocycles. The molecular formula is C27H33ClN4O4S2. The predicted molar refractivity (Wildman–Crippen MR) is 156 cm³/mol. The minimum atomic E-state index is -3.78. The standard InChI is InChI=1S/C27H33ClN4O4S2/c1-6-16-31(17-7-2)38(34,35)21-12-10-20(11-13-21)26(33)32(19-18-30(8-3)9-4)27-29-24-23(36-5)15-14-22(28)25(24)37-27/h6-7,10-15H,1-2,8-9,16-19H2,3-5H3. The Morgan fingerprint density at radius 2 is 1.68 bits per heavy atom. The van der Waals surface area contributed by atoms with E-state index in [4.69, 9.17) is 21.3 Å². The Kier molecular flexibility index (Phi) is 10.5. The van der Waals surface area contributed by atoms with E-state index in [9.17, 15) is 13.2 Å². The monoisotopic (exact) mass is 576 g/mol. The van der Waals surface area contributed by atoms with Gasteiger partial charge in [-0.15, -0.1) is 13.2 Å². The van der Waals surface area contributed by atoms with Gasteiger partial charge in [0.25, 0.3) is 5.91 Å². The number of ether oxygens (including phenoxy) is 1. The first-order valence-electron chi connectivity index (χ1n) is 12.2. The fourth-order valence-electron chi connectivity index (χ4n) is 3.92. The lowest BCUT2D eigenvalue weighted by atomic mass is 10.2. The number of aromatic nitrogens is 1. The first-order chi connectivity index (χ1) is 18.2. The van der Waals surface area contributed by atoms with Crippen molar-refractivity contribution < 1.29 is 17.9 Å². The van der Waals surface area contributed by atoms with E-state index in [0.717, 1.165) is 17.8 Å². The second kappa shape index (κ2) is 13.3. The first kappa shape index (κ1) is 29.8. The summed E-state index contributed by atoms with van der Waals surface area (Å²) >= 11 is 7.75. The highest BCUT2D eigenvalue weighted by molar-refractivity contribution is 7.89. The van der Waals surface area contributed by atoms with Crippen LogP contribution in [0.1, 0.15) is 24.2 Å². The summed E-state index contributed by atoms with van der Waals surface area (Å²) < 4.78 is 33.6. The molecule has 0 bridgehead atoms. The van der Waals surface area contributed by atoms with Crippen LogP contribution in [0.25, 0.3) is 10.2 Å². The third-order valence-corrected chi connectivity index (χ3v) is 9.47. The smallest absolute Gasteiger partial charge is 0.260 e. The van der Waals surface area contributed by atoms with Crippen molar-refractivity contribution in [1.29, 1.82) is 0 Å². The van der Waals surface area contributed by atoms with Gasteiger partial charge in [-0.05, 0) is 49.5 Å². The largest absolute Gasteiger partial charge is 0.494 e. The van der Waals surface area contributed by atoms with Crippen LogP contribution in [0.4, 0.5) is 5.13 Å². The number of rotatable bonds is 14. The zero-order chi connectivity index (χ0) is 27.9. The molecule has 0 atom stereocenters. The average Bonchev–Trinajstić information content (AvgIpc) is 3.37. The normalized spacial score (nSPS) is 11.7. The van der Waals surface area contributed by atoms with Gasteiger partial charge < -0.3 is 9.64 Å². The van der Waals surface area contributed by atoms with Crippen molar-refractivity contribution in [2.45, 2.75) is 18.7 Å². The number of halogens is 1. The number of hydrogen-bond acceptors (Lipinski definition) is 7. The van der Waals surface area contributed by atoms with Gasteiger partial charge in [0.15, 0.2) is 5.13 Å². The van der Waals surface area contributed by atoms with Gasteiger partial charge in [0.1, 0.15) is 11.3 Å². The molecule has 0 aliphatic heterocycles. The number of anilines is 1. The van der Waals surface area contributed by atoms with Crippen molar-refractivity contribution in [3.63, 3.8) is 0 Å². The molecule has 8 nitrogen and oxygen atoms in total. The van der Waals surface area contributed by atoms with Gasteiger partial charge in [0, 0.05) is 31.7 Å². The third kappa shape index (κ3) is 6.44. The number of sulfonamides is 1. The number of thiazole rings is 1. The van der Waals surface area contributed by atoms with E-state index in [-0.39, 0.29) is 23.9 Å². The average molecular weight is 577 g/mol. The van der Waals surface area contributed by atoms with Gasteiger partial charge in [-0.25, -0.2) is 13.4 Å². The van der Waals surface area contributed by atoms with Crippen LogP contribution < -0.4 is 9.64 Å². The molecule has 38 heavy (non-hydrogen) atoms. The maximum atomic E-state index is 13.8. The van der Waals surface area contributed by atoms with Crippen LogP contribution in [0.3, 0.4) is 0 Å². The highest BCUT2D eigenvalue weighted by Gasteiger charge is 2.26. The summed E-state index contributed by atoms with van der Waals surface area (Å²) in [5.41, 5.74) is 0.936. The number of likely N-dealkylation sites (N-methyl/N-ethyl adjacent to an activating group) is 1. The molecule has 3 aromatic rings. The second-order valence-electron chi connectivity index (χ2n) is 8.33. The molecule has 1 amide bonds. The number of nitrogens with zero attached hydrogens (tertiary/aromatic N) is 4. The van der Waals surface area contributed by atoms with Crippen LogP contribution in [0.5, 0.6) is 5.75 Å². The SMILES string of the molecule is C=CCN(CC=C)S(=O)(=O)c1ccc(C(=O)N(CCN(CC)CC)c2nc3c(OC)ccc(Cl)c3s2)cc1. The number of amides is 1. The van der Waals surface area contributed by atoms with Crippen LogP contribution in [0.15, 0.2) is 66.6 Å². The van der Waals surface area contributed by atoms with E-state index in [0.29, 0.717) is 40.1 Å². The molecule has 2 aromatic carbocycles. The van der Waals surface area contributed by atoms with Crippen LogP contribution in [0, 0.1) is 0 Å². The molecule has 0 fully saturated rings. The molecule has 1 heterocycles. The minimum absolute atomic E-state index is 0.0870. The van der Waals surface area contributed by atoms with Crippen LogP contribution >= 0.6 is 22.9 Å². The number of carbonyl (C=O) groups is 1.